The molecular weight excluding hydrogens is 402 g/mol. The van der Waals surface area contributed by atoms with Gasteiger partial charge in [-0.3, -0.25) is 0 Å². The van der Waals surface area contributed by atoms with Gasteiger partial charge in [-0.2, -0.15) is 0 Å². The van der Waals surface area contributed by atoms with Crippen molar-refractivity contribution in [2.45, 2.75) is 56.7 Å². The lowest BCUT2D eigenvalue weighted by Gasteiger charge is -2.45. The summed E-state index contributed by atoms with van der Waals surface area (Å²) >= 11 is 0. The predicted molar refractivity (Wildman–Crippen MR) is 126 cm³/mol. The van der Waals surface area contributed by atoms with E-state index in [2.05, 4.69) is 53.8 Å². The van der Waals surface area contributed by atoms with Crippen molar-refractivity contribution >= 4 is 6.03 Å². The minimum atomic E-state index is -0.0872. The molecular formula is C26H35N3O3. The van der Waals surface area contributed by atoms with Gasteiger partial charge in [0.15, 0.2) is 11.5 Å². The highest BCUT2D eigenvalue weighted by atomic mass is 16.5. The molecule has 2 aromatic carbocycles. The molecule has 1 saturated carbocycles. The van der Waals surface area contributed by atoms with E-state index in [1.54, 1.807) is 14.2 Å². The standard InChI is InChI=1S/C26H35N3O3/c1-18-6-5-7-19(14-18)17-27-25(30)28-21-10-11-26(12-13-29(2)24(26)16-21)20-8-9-22(31-3)23(15-20)32-4/h5-9,14-15,21,24H,10-13,16-17H2,1-4H3,(H2,27,28,30). The average molecular weight is 438 g/mol. The monoisotopic (exact) mass is 437 g/mol. The number of nitrogens with zero attached hydrogens (tertiary/aromatic N) is 1. The Labute approximate surface area is 191 Å². The van der Waals surface area contributed by atoms with Crippen LogP contribution in [0.1, 0.15) is 42.4 Å². The van der Waals surface area contributed by atoms with Crippen molar-refractivity contribution in [1.82, 2.24) is 15.5 Å². The first-order valence-electron chi connectivity index (χ1n) is 11.5. The molecule has 172 valence electrons. The Kier molecular flexibility index (Phi) is 6.60. The molecule has 6 nitrogen and oxygen atoms in total. The number of likely N-dealkylation sites (tertiary alicyclic amines) is 1. The number of fused-ring (bicyclic) bond motifs is 1. The van der Waals surface area contributed by atoms with Crippen LogP contribution >= 0.6 is 0 Å². The fourth-order valence-electron chi connectivity index (χ4n) is 5.64. The van der Waals surface area contributed by atoms with E-state index < -0.39 is 0 Å². The van der Waals surface area contributed by atoms with Crippen molar-refractivity contribution in [1.29, 1.82) is 0 Å². The van der Waals surface area contributed by atoms with Crippen LogP contribution in [-0.2, 0) is 12.0 Å². The lowest BCUT2D eigenvalue weighted by atomic mass is 9.65. The molecule has 2 amide bonds. The smallest absolute Gasteiger partial charge is 0.315 e. The van der Waals surface area contributed by atoms with Crippen molar-refractivity contribution in [3.8, 4) is 11.5 Å². The summed E-state index contributed by atoms with van der Waals surface area (Å²) in [5, 5.41) is 6.24. The van der Waals surface area contributed by atoms with E-state index in [4.69, 9.17) is 9.47 Å². The molecule has 3 atom stereocenters. The fourth-order valence-corrected chi connectivity index (χ4v) is 5.64. The van der Waals surface area contributed by atoms with E-state index in [0.717, 1.165) is 49.3 Å². The van der Waals surface area contributed by atoms with E-state index in [-0.39, 0.29) is 17.5 Å². The van der Waals surface area contributed by atoms with E-state index in [1.807, 2.05) is 18.2 Å². The molecule has 1 aliphatic heterocycles. The van der Waals surface area contributed by atoms with Crippen LogP contribution in [0, 0.1) is 6.92 Å². The Morgan fingerprint density at radius 2 is 1.94 bits per heavy atom. The molecule has 0 bridgehead atoms. The van der Waals surface area contributed by atoms with Gasteiger partial charge in [0.05, 0.1) is 14.2 Å². The molecule has 1 saturated heterocycles. The van der Waals surface area contributed by atoms with Crippen LogP contribution in [0.3, 0.4) is 0 Å². The molecule has 1 heterocycles. The van der Waals surface area contributed by atoms with Crippen molar-refractivity contribution in [2.24, 2.45) is 0 Å². The number of ether oxygens (including phenoxy) is 2. The normalized spacial score (nSPS) is 25.1. The second-order valence-electron chi connectivity index (χ2n) is 9.26. The molecule has 0 aromatic heterocycles. The van der Waals surface area contributed by atoms with E-state index in [0.29, 0.717) is 12.6 Å². The van der Waals surface area contributed by atoms with Gasteiger partial charge in [0.2, 0.25) is 0 Å². The molecule has 0 radical (unpaired) electrons. The highest BCUT2D eigenvalue weighted by molar-refractivity contribution is 5.74. The SMILES string of the molecule is COc1ccc(C23CCC(NC(=O)NCc4cccc(C)c4)CC2N(C)CC3)cc1OC. The first-order chi connectivity index (χ1) is 15.4. The molecule has 2 N–H and O–H groups in total. The lowest BCUT2D eigenvalue weighted by Crippen LogP contribution is -2.53. The van der Waals surface area contributed by atoms with Crippen LogP contribution < -0.4 is 20.1 Å². The summed E-state index contributed by atoms with van der Waals surface area (Å²) in [6, 6.07) is 15.1. The first kappa shape index (κ1) is 22.5. The van der Waals surface area contributed by atoms with Crippen LogP contribution in [0.4, 0.5) is 4.79 Å². The second kappa shape index (κ2) is 9.41. The summed E-state index contributed by atoms with van der Waals surface area (Å²) in [5.41, 5.74) is 3.72. The Balaban J connectivity index is 1.42. The highest BCUT2D eigenvalue weighted by Gasteiger charge is 2.50. The molecule has 4 rings (SSSR count). The number of carbonyl (C=O) groups is 1. The number of carbonyl (C=O) groups excluding carboxylic acids is 1. The van der Waals surface area contributed by atoms with Crippen LogP contribution in [0.2, 0.25) is 0 Å². The summed E-state index contributed by atoms with van der Waals surface area (Å²) in [6.07, 6.45) is 4.08. The van der Waals surface area contributed by atoms with E-state index in [1.165, 1.54) is 11.1 Å². The van der Waals surface area contributed by atoms with Crippen LogP contribution in [-0.4, -0.2) is 50.8 Å². The van der Waals surface area contributed by atoms with Gasteiger partial charge >= 0.3 is 6.03 Å². The zero-order valence-electron chi connectivity index (χ0n) is 19.6. The number of nitrogens with one attached hydrogen (secondary N) is 2. The summed E-state index contributed by atoms with van der Waals surface area (Å²) in [7, 11) is 5.56. The van der Waals surface area contributed by atoms with Gasteiger partial charge in [-0.1, -0.05) is 35.9 Å². The molecule has 2 aliphatic rings. The third kappa shape index (κ3) is 4.42. The Morgan fingerprint density at radius 1 is 1.12 bits per heavy atom. The van der Waals surface area contributed by atoms with Gasteiger partial charge < -0.3 is 25.0 Å². The van der Waals surface area contributed by atoms with Crippen molar-refractivity contribution in [2.75, 3.05) is 27.8 Å². The van der Waals surface area contributed by atoms with Gasteiger partial charge in [-0.05, 0) is 69.5 Å². The number of rotatable bonds is 6. The fraction of sp³-hybridized carbons (Fsp3) is 0.500. The minimum absolute atomic E-state index is 0.0872. The molecule has 2 fully saturated rings. The van der Waals surface area contributed by atoms with Crippen molar-refractivity contribution in [3.05, 3.63) is 59.2 Å². The topological polar surface area (TPSA) is 62.8 Å². The maximum atomic E-state index is 12.6. The third-order valence-electron chi connectivity index (χ3n) is 7.36. The summed E-state index contributed by atoms with van der Waals surface area (Å²) in [5.74, 6) is 1.54. The van der Waals surface area contributed by atoms with Gasteiger partial charge in [-0.25, -0.2) is 4.79 Å². The van der Waals surface area contributed by atoms with Crippen molar-refractivity contribution < 1.29 is 14.3 Å². The Bertz CT molecular complexity index is 963. The molecule has 1 aliphatic carbocycles. The van der Waals surface area contributed by atoms with Crippen LogP contribution in [0.5, 0.6) is 11.5 Å². The summed E-state index contributed by atoms with van der Waals surface area (Å²) in [4.78, 5) is 15.0. The number of likely N-dealkylation sites (N-methyl/N-ethyl adjacent to an activating group) is 1. The van der Waals surface area contributed by atoms with Crippen molar-refractivity contribution in [3.63, 3.8) is 0 Å². The summed E-state index contributed by atoms with van der Waals surface area (Å²) < 4.78 is 11.0. The number of benzene rings is 2. The third-order valence-corrected chi connectivity index (χ3v) is 7.36. The minimum Gasteiger partial charge on any atom is -0.493 e. The number of aryl methyl sites for hydroxylation is 1. The van der Waals surface area contributed by atoms with Crippen LogP contribution in [0.15, 0.2) is 42.5 Å². The first-order valence-corrected chi connectivity index (χ1v) is 11.5. The second-order valence-corrected chi connectivity index (χ2v) is 9.26. The van der Waals surface area contributed by atoms with E-state index >= 15 is 0 Å². The zero-order valence-corrected chi connectivity index (χ0v) is 19.6. The zero-order chi connectivity index (χ0) is 22.7. The van der Waals surface area contributed by atoms with Crippen LogP contribution in [0.25, 0.3) is 0 Å². The molecule has 0 spiro atoms. The molecule has 6 heteroatoms. The number of amides is 2. The quantitative estimate of drug-likeness (QED) is 0.717. The van der Waals surface area contributed by atoms with Gasteiger partial charge in [0.25, 0.3) is 0 Å². The number of urea groups is 1. The maximum absolute atomic E-state index is 12.6. The van der Waals surface area contributed by atoms with E-state index in [9.17, 15) is 4.79 Å². The average Bonchev–Trinajstić information content (AvgIpc) is 3.14. The molecule has 32 heavy (non-hydrogen) atoms. The Morgan fingerprint density at radius 3 is 2.69 bits per heavy atom. The molecule has 3 unspecified atom stereocenters. The molecule has 2 aromatic rings. The summed E-state index contributed by atoms with van der Waals surface area (Å²) in [6.45, 7) is 3.67. The lowest BCUT2D eigenvalue weighted by molar-refractivity contribution is 0.154. The number of hydrogen-bond acceptors (Lipinski definition) is 4. The predicted octanol–water partition coefficient (Wildman–Crippen LogP) is 4.01. The van der Waals surface area contributed by atoms with Gasteiger partial charge in [0.1, 0.15) is 0 Å². The van der Waals surface area contributed by atoms with Gasteiger partial charge in [-0.15, -0.1) is 0 Å². The largest absolute Gasteiger partial charge is 0.493 e. The Hall–Kier alpha value is -2.73. The van der Waals surface area contributed by atoms with Gasteiger partial charge in [0, 0.05) is 24.0 Å². The maximum Gasteiger partial charge on any atom is 0.315 e. The highest BCUT2D eigenvalue weighted by Crippen LogP contribution is 2.49. The number of methoxy groups -OCH3 is 2. The number of hydrogen-bond donors (Lipinski definition) is 2.